The van der Waals surface area contributed by atoms with Gasteiger partial charge >= 0.3 is 11.9 Å². The Morgan fingerprint density at radius 3 is 1.32 bits per heavy atom. The van der Waals surface area contributed by atoms with E-state index in [9.17, 15) is 9.59 Å². The van der Waals surface area contributed by atoms with Crippen LogP contribution in [-0.2, 0) is 14.3 Å². The van der Waals surface area contributed by atoms with Gasteiger partial charge in [-0.15, -0.1) is 0 Å². The monoisotopic (exact) mass is 621 g/mol. The Bertz CT molecular complexity index is 629. The van der Waals surface area contributed by atoms with Gasteiger partial charge in [-0.3, -0.25) is 9.59 Å². The topological polar surface area (TPSA) is 63.6 Å². The molecule has 44 heavy (non-hydrogen) atoms. The first-order valence-electron chi connectivity index (χ1n) is 19.7. The number of hydrogen-bond donors (Lipinski definition) is 1. The van der Waals surface area contributed by atoms with Crippen molar-refractivity contribution in [2.45, 2.75) is 232 Å². The number of carbonyl (C=O) groups excluding carboxylic acids is 1. The smallest absolute Gasteiger partial charge is 0.306 e. The fourth-order valence-corrected chi connectivity index (χ4v) is 6.07. The number of unbranched alkanes of at least 4 members (excludes halogenated alkanes) is 25. The number of hydrogen-bond acceptors (Lipinski definition) is 3. The van der Waals surface area contributed by atoms with Gasteiger partial charge in [0.25, 0.3) is 0 Å². The SMILES string of the molecule is CCC/C=C\CCCCCCCC(=O)OC(CCCCCCCCCCCCCCCCCC)CCCCCCCC(=O)O. The van der Waals surface area contributed by atoms with Crippen molar-refractivity contribution in [3.8, 4) is 0 Å². The van der Waals surface area contributed by atoms with Crippen LogP contribution >= 0.6 is 0 Å². The van der Waals surface area contributed by atoms with Crippen molar-refractivity contribution in [2.75, 3.05) is 0 Å². The quantitative estimate of drug-likeness (QED) is 0.0430. The molecule has 0 aliphatic heterocycles. The van der Waals surface area contributed by atoms with E-state index in [1.807, 2.05) is 0 Å². The van der Waals surface area contributed by atoms with Gasteiger partial charge in [-0.2, -0.15) is 0 Å². The van der Waals surface area contributed by atoms with Gasteiger partial charge in [0.15, 0.2) is 0 Å². The second kappa shape index (κ2) is 36.2. The number of carbonyl (C=O) groups is 2. The Balaban J connectivity index is 4.00. The Morgan fingerprint density at radius 1 is 0.477 bits per heavy atom. The van der Waals surface area contributed by atoms with Crippen LogP contribution in [0.15, 0.2) is 12.2 Å². The van der Waals surface area contributed by atoms with E-state index in [2.05, 4.69) is 26.0 Å². The summed E-state index contributed by atoms with van der Waals surface area (Å²) < 4.78 is 5.99. The molecule has 0 bridgehead atoms. The molecule has 0 aliphatic rings. The molecule has 4 nitrogen and oxygen atoms in total. The molecule has 4 heteroatoms. The molecule has 0 saturated carbocycles. The molecule has 0 radical (unpaired) electrons. The molecular formula is C40H76O4. The first-order valence-corrected chi connectivity index (χ1v) is 19.7. The Labute approximate surface area is 275 Å². The number of aliphatic carboxylic acids is 1. The van der Waals surface area contributed by atoms with E-state index in [1.165, 1.54) is 135 Å². The predicted molar refractivity (Wildman–Crippen MR) is 190 cm³/mol. The summed E-state index contributed by atoms with van der Waals surface area (Å²) in [7, 11) is 0. The molecule has 0 heterocycles. The molecule has 0 aromatic heterocycles. The van der Waals surface area contributed by atoms with E-state index in [-0.39, 0.29) is 18.5 Å². The van der Waals surface area contributed by atoms with Gasteiger partial charge in [0.05, 0.1) is 0 Å². The van der Waals surface area contributed by atoms with Crippen LogP contribution in [0, 0.1) is 0 Å². The van der Waals surface area contributed by atoms with Crippen molar-refractivity contribution >= 4 is 11.9 Å². The van der Waals surface area contributed by atoms with E-state index < -0.39 is 5.97 Å². The van der Waals surface area contributed by atoms with Crippen LogP contribution in [0.2, 0.25) is 0 Å². The lowest BCUT2D eigenvalue weighted by Gasteiger charge is -2.18. The van der Waals surface area contributed by atoms with Crippen molar-refractivity contribution in [1.82, 2.24) is 0 Å². The van der Waals surface area contributed by atoms with E-state index in [1.54, 1.807) is 0 Å². The zero-order valence-electron chi connectivity index (χ0n) is 29.7. The first-order chi connectivity index (χ1) is 21.6. The van der Waals surface area contributed by atoms with Gasteiger partial charge in [-0.05, 0) is 57.8 Å². The highest BCUT2D eigenvalue weighted by atomic mass is 16.5. The average molecular weight is 621 g/mol. The number of ether oxygens (including phenoxy) is 1. The Kier molecular flexibility index (Phi) is 35.1. The minimum absolute atomic E-state index is 0.00421. The third kappa shape index (κ3) is 35.2. The number of esters is 1. The van der Waals surface area contributed by atoms with Gasteiger partial charge < -0.3 is 9.84 Å². The number of carboxylic acid groups (broad SMARTS) is 1. The highest BCUT2D eigenvalue weighted by Crippen LogP contribution is 2.19. The Hall–Kier alpha value is -1.32. The van der Waals surface area contributed by atoms with E-state index >= 15 is 0 Å². The van der Waals surface area contributed by atoms with Crippen LogP contribution in [0.5, 0.6) is 0 Å². The molecule has 1 unspecified atom stereocenters. The third-order valence-electron chi connectivity index (χ3n) is 8.97. The van der Waals surface area contributed by atoms with Crippen LogP contribution in [0.25, 0.3) is 0 Å². The van der Waals surface area contributed by atoms with E-state index in [4.69, 9.17) is 9.84 Å². The van der Waals surface area contributed by atoms with Crippen molar-refractivity contribution in [1.29, 1.82) is 0 Å². The largest absolute Gasteiger partial charge is 0.481 e. The molecule has 260 valence electrons. The minimum atomic E-state index is -0.699. The number of rotatable bonds is 36. The van der Waals surface area contributed by atoms with Crippen molar-refractivity contribution in [3.05, 3.63) is 12.2 Å². The van der Waals surface area contributed by atoms with Crippen LogP contribution in [-0.4, -0.2) is 23.1 Å². The summed E-state index contributed by atoms with van der Waals surface area (Å²) in [6, 6.07) is 0. The standard InChI is InChI=1S/C40H76O4/c1-3-5-7-9-11-13-15-16-17-18-19-20-21-23-26-30-34-38(35-31-27-25-28-32-36-39(41)42)44-40(43)37-33-29-24-22-14-12-10-8-6-4-2/h8,10,38H,3-7,9,11-37H2,1-2H3,(H,41,42)/b10-8-. The summed E-state index contributed by atoms with van der Waals surface area (Å²) in [6.45, 7) is 4.50. The van der Waals surface area contributed by atoms with E-state index in [0.717, 1.165) is 64.2 Å². The molecule has 0 aliphatic carbocycles. The summed E-state index contributed by atoms with van der Waals surface area (Å²) in [6.07, 6.45) is 43.8. The molecule has 0 amide bonds. The summed E-state index contributed by atoms with van der Waals surface area (Å²) in [5.41, 5.74) is 0. The molecular weight excluding hydrogens is 544 g/mol. The molecule has 0 spiro atoms. The second-order valence-corrected chi connectivity index (χ2v) is 13.5. The maximum Gasteiger partial charge on any atom is 0.306 e. The highest BCUT2D eigenvalue weighted by Gasteiger charge is 2.14. The van der Waals surface area contributed by atoms with Crippen molar-refractivity contribution in [2.24, 2.45) is 0 Å². The highest BCUT2D eigenvalue weighted by molar-refractivity contribution is 5.69. The first kappa shape index (κ1) is 42.7. The number of allylic oxidation sites excluding steroid dienone is 2. The molecule has 0 rings (SSSR count). The van der Waals surface area contributed by atoms with Gasteiger partial charge in [-0.25, -0.2) is 0 Å². The van der Waals surface area contributed by atoms with Crippen LogP contribution in [0.3, 0.4) is 0 Å². The van der Waals surface area contributed by atoms with E-state index in [0.29, 0.717) is 6.42 Å². The van der Waals surface area contributed by atoms with Crippen LogP contribution < -0.4 is 0 Å². The maximum atomic E-state index is 12.6. The molecule has 1 N–H and O–H groups in total. The van der Waals surface area contributed by atoms with Crippen LogP contribution in [0.1, 0.15) is 226 Å². The van der Waals surface area contributed by atoms with Gasteiger partial charge in [-0.1, -0.05) is 167 Å². The molecule has 0 aromatic rings. The second-order valence-electron chi connectivity index (χ2n) is 13.5. The lowest BCUT2D eigenvalue weighted by atomic mass is 10.0. The fraction of sp³-hybridized carbons (Fsp3) is 0.900. The Morgan fingerprint density at radius 2 is 0.864 bits per heavy atom. The van der Waals surface area contributed by atoms with Crippen molar-refractivity contribution in [3.63, 3.8) is 0 Å². The summed E-state index contributed by atoms with van der Waals surface area (Å²) in [5.74, 6) is -0.703. The lowest BCUT2D eigenvalue weighted by molar-refractivity contribution is -0.150. The average Bonchev–Trinajstić information content (AvgIpc) is 3.00. The zero-order valence-corrected chi connectivity index (χ0v) is 29.7. The minimum Gasteiger partial charge on any atom is -0.481 e. The lowest BCUT2D eigenvalue weighted by Crippen LogP contribution is -2.18. The van der Waals surface area contributed by atoms with Gasteiger partial charge in [0.2, 0.25) is 0 Å². The molecule has 0 fully saturated rings. The number of carboxylic acids is 1. The maximum absolute atomic E-state index is 12.6. The summed E-state index contributed by atoms with van der Waals surface area (Å²) in [4.78, 5) is 23.3. The molecule has 0 saturated heterocycles. The van der Waals surface area contributed by atoms with Gasteiger partial charge in [0.1, 0.15) is 6.10 Å². The normalized spacial score (nSPS) is 12.2. The molecule has 1 atom stereocenters. The summed E-state index contributed by atoms with van der Waals surface area (Å²) >= 11 is 0. The van der Waals surface area contributed by atoms with Gasteiger partial charge in [0, 0.05) is 12.8 Å². The molecule has 0 aromatic carbocycles. The fourth-order valence-electron chi connectivity index (χ4n) is 6.07. The third-order valence-corrected chi connectivity index (χ3v) is 8.97. The zero-order chi connectivity index (χ0) is 32.2. The van der Waals surface area contributed by atoms with Crippen LogP contribution in [0.4, 0.5) is 0 Å². The predicted octanol–water partition coefficient (Wildman–Crippen LogP) is 13.5. The summed E-state index contributed by atoms with van der Waals surface area (Å²) in [5, 5.41) is 8.81. The van der Waals surface area contributed by atoms with Crippen molar-refractivity contribution < 1.29 is 19.4 Å².